The molecule has 3 unspecified atom stereocenters. The second-order valence-electron chi connectivity index (χ2n) is 6.76. The van der Waals surface area contributed by atoms with Gasteiger partial charge in [-0.05, 0) is 23.9 Å². The van der Waals surface area contributed by atoms with Crippen LogP contribution >= 0.6 is 0 Å². The molecule has 156 valence electrons. The molecule has 29 heavy (non-hydrogen) atoms. The number of benzene rings is 2. The first-order valence-corrected chi connectivity index (χ1v) is 9.62. The number of rotatable bonds is 11. The fourth-order valence-corrected chi connectivity index (χ4v) is 3.03. The van der Waals surface area contributed by atoms with E-state index in [1.807, 2.05) is 60.7 Å². The molecule has 7 nitrogen and oxygen atoms in total. The second-order valence-corrected chi connectivity index (χ2v) is 6.76. The zero-order chi connectivity index (χ0) is 21.5. The van der Waals surface area contributed by atoms with Crippen LogP contribution in [0.5, 0.6) is 0 Å². The van der Waals surface area contributed by atoms with Crippen molar-refractivity contribution in [2.75, 3.05) is 6.54 Å². The molecule has 8 heteroatoms. The highest BCUT2D eigenvalue weighted by atomic mass is 16.4. The van der Waals surface area contributed by atoms with E-state index < -0.39 is 13.2 Å². The standard InChI is InChI=1S/C20H29BN2O3.CO2/c22-18(13-7-8-14-21(25)26)15-23-19(16-9-3-1-4-10-16)20(24)17-11-5-2-6-12-17;2-1-3/h1-6,9-12,18-20,23-26H,7-8,13-15,22H2;. The number of nitrogens with two attached hydrogens (primary N) is 1. The zero-order valence-electron chi connectivity index (χ0n) is 16.4. The Kier molecular flexibility index (Phi) is 12.5. The Morgan fingerprint density at radius 2 is 1.45 bits per heavy atom. The summed E-state index contributed by atoms with van der Waals surface area (Å²) in [4.78, 5) is 16.2. The normalized spacial score (nSPS) is 13.4. The van der Waals surface area contributed by atoms with Crippen LogP contribution in [0, 0.1) is 0 Å². The van der Waals surface area contributed by atoms with Crippen LogP contribution in [0.3, 0.4) is 0 Å². The SMILES string of the molecule is NC(CCCCB(O)O)CNC(c1ccccc1)C(O)c1ccccc1.O=C=O. The van der Waals surface area contributed by atoms with Crippen molar-refractivity contribution < 1.29 is 24.7 Å². The maximum absolute atomic E-state index is 10.9. The summed E-state index contributed by atoms with van der Waals surface area (Å²) in [5.74, 6) is 0. The Labute approximate surface area is 171 Å². The quantitative estimate of drug-likeness (QED) is 0.285. The van der Waals surface area contributed by atoms with E-state index in [0.717, 1.165) is 30.4 Å². The lowest BCUT2D eigenvalue weighted by Crippen LogP contribution is -2.38. The number of carbonyl (C=O) groups excluding carboxylic acids is 2. The van der Waals surface area contributed by atoms with E-state index >= 15 is 0 Å². The van der Waals surface area contributed by atoms with Crippen LogP contribution in [0.4, 0.5) is 0 Å². The van der Waals surface area contributed by atoms with Gasteiger partial charge in [-0.3, -0.25) is 0 Å². The molecule has 6 N–H and O–H groups in total. The molecule has 0 aliphatic carbocycles. The summed E-state index contributed by atoms with van der Waals surface area (Å²) in [6.07, 6.45) is 2.33. The predicted octanol–water partition coefficient (Wildman–Crippen LogP) is 1.44. The van der Waals surface area contributed by atoms with E-state index in [2.05, 4.69) is 5.32 Å². The molecular weight excluding hydrogens is 371 g/mol. The van der Waals surface area contributed by atoms with Crippen molar-refractivity contribution in [1.29, 1.82) is 0 Å². The van der Waals surface area contributed by atoms with Gasteiger partial charge < -0.3 is 26.2 Å². The lowest BCUT2D eigenvalue weighted by molar-refractivity contribution is -0.191. The van der Waals surface area contributed by atoms with Gasteiger partial charge in [0.15, 0.2) is 0 Å². The Morgan fingerprint density at radius 1 is 0.931 bits per heavy atom. The second kappa shape index (κ2) is 14.7. The Bertz CT molecular complexity index is 697. The van der Waals surface area contributed by atoms with Crippen LogP contribution in [0.15, 0.2) is 60.7 Å². The van der Waals surface area contributed by atoms with E-state index in [1.165, 1.54) is 0 Å². The van der Waals surface area contributed by atoms with Crippen molar-refractivity contribution in [3.63, 3.8) is 0 Å². The summed E-state index contributed by atoms with van der Waals surface area (Å²) in [6.45, 7) is 0.575. The third-order valence-corrected chi connectivity index (χ3v) is 4.50. The van der Waals surface area contributed by atoms with E-state index in [9.17, 15) is 5.11 Å². The molecule has 0 aliphatic rings. The molecule has 0 amide bonds. The lowest BCUT2D eigenvalue weighted by atomic mass is 9.83. The van der Waals surface area contributed by atoms with Gasteiger partial charge in [0, 0.05) is 12.6 Å². The topological polar surface area (TPSA) is 133 Å². The highest BCUT2D eigenvalue weighted by molar-refractivity contribution is 6.40. The minimum atomic E-state index is -1.24. The molecule has 0 spiro atoms. The van der Waals surface area contributed by atoms with Crippen molar-refractivity contribution >= 4 is 13.3 Å². The van der Waals surface area contributed by atoms with E-state index in [0.29, 0.717) is 12.9 Å². The Balaban J connectivity index is 0.00000132. The molecule has 0 saturated heterocycles. The summed E-state index contributed by atoms with van der Waals surface area (Å²) < 4.78 is 0. The van der Waals surface area contributed by atoms with Crippen LogP contribution in [0.2, 0.25) is 6.32 Å². The number of hydrogen-bond acceptors (Lipinski definition) is 7. The third-order valence-electron chi connectivity index (χ3n) is 4.50. The number of nitrogens with one attached hydrogen (secondary N) is 1. The number of hydrogen-bond donors (Lipinski definition) is 5. The predicted molar refractivity (Wildman–Crippen MR) is 110 cm³/mol. The van der Waals surface area contributed by atoms with Crippen LogP contribution < -0.4 is 11.1 Å². The van der Waals surface area contributed by atoms with Gasteiger partial charge >= 0.3 is 13.3 Å². The van der Waals surface area contributed by atoms with E-state index in [4.69, 9.17) is 25.4 Å². The van der Waals surface area contributed by atoms with Crippen molar-refractivity contribution in [3.05, 3.63) is 71.8 Å². The van der Waals surface area contributed by atoms with Crippen molar-refractivity contribution in [2.45, 2.75) is 43.8 Å². The molecule has 0 aromatic heterocycles. The number of aliphatic hydroxyl groups excluding tert-OH is 1. The monoisotopic (exact) mass is 400 g/mol. The minimum absolute atomic E-state index is 0.0555. The molecule has 2 rings (SSSR count). The van der Waals surface area contributed by atoms with Crippen molar-refractivity contribution in [2.24, 2.45) is 5.73 Å². The lowest BCUT2D eigenvalue weighted by Gasteiger charge is -2.26. The Morgan fingerprint density at radius 3 is 1.97 bits per heavy atom. The molecule has 0 heterocycles. The van der Waals surface area contributed by atoms with Crippen LogP contribution in [-0.4, -0.2) is 41.0 Å². The molecule has 0 saturated carbocycles. The van der Waals surface area contributed by atoms with Gasteiger partial charge in [0.1, 0.15) is 0 Å². The highest BCUT2D eigenvalue weighted by Crippen LogP contribution is 2.28. The molecule has 0 aliphatic heterocycles. The molecule has 0 bridgehead atoms. The van der Waals surface area contributed by atoms with Gasteiger partial charge in [0.2, 0.25) is 0 Å². The largest absolute Gasteiger partial charge is 0.451 e. The van der Waals surface area contributed by atoms with Gasteiger partial charge in [-0.15, -0.1) is 0 Å². The van der Waals surface area contributed by atoms with E-state index in [1.54, 1.807) is 0 Å². The first-order valence-electron chi connectivity index (χ1n) is 9.62. The molecule has 2 aromatic rings. The maximum atomic E-state index is 10.9. The van der Waals surface area contributed by atoms with Crippen LogP contribution in [0.25, 0.3) is 0 Å². The summed E-state index contributed by atoms with van der Waals surface area (Å²) >= 11 is 0. The first-order chi connectivity index (χ1) is 14.0. The van der Waals surface area contributed by atoms with Gasteiger partial charge in [0.25, 0.3) is 0 Å². The highest BCUT2D eigenvalue weighted by Gasteiger charge is 2.22. The van der Waals surface area contributed by atoms with Gasteiger partial charge in [0.05, 0.1) is 12.1 Å². The first kappa shape index (κ1) is 24.7. The van der Waals surface area contributed by atoms with Gasteiger partial charge in [-0.1, -0.05) is 73.5 Å². The molecular formula is C21H29BN2O5. The third kappa shape index (κ3) is 10.1. The van der Waals surface area contributed by atoms with E-state index in [-0.39, 0.29) is 18.2 Å². The minimum Gasteiger partial charge on any atom is -0.427 e. The fourth-order valence-electron chi connectivity index (χ4n) is 3.03. The van der Waals surface area contributed by atoms with Gasteiger partial charge in [-0.25, -0.2) is 0 Å². The summed E-state index contributed by atoms with van der Waals surface area (Å²) in [5, 5.41) is 32.0. The summed E-state index contributed by atoms with van der Waals surface area (Å²) in [6, 6.07) is 19.2. The Hall–Kier alpha value is -2.32. The van der Waals surface area contributed by atoms with Crippen molar-refractivity contribution in [3.8, 4) is 0 Å². The molecule has 0 radical (unpaired) electrons. The van der Waals surface area contributed by atoms with Gasteiger partial charge in [-0.2, -0.15) is 9.59 Å². The molecule has 0 fully saturated rings. The van der Waals surface area contributed by atoms with Crippen LogP contribution in [-0.2, 0) is 9.59 Å². The number of aliphatic hydroxyl groups is 1. The van der Waals surface area contributed by atoms with Crippen LogP contribution in [0.1, 0.15) is 42.5 Å². The molecule has 3 atom stereocenters. The zero-order valence-corrected chi connectivity index (χ0v) is 16.4. The smallest absolute Gasteiger partial charge is 0.427 e. The maximum Gasteiger partial charge on any atom is 0.451 e. The number of unbranched alkanes of at least 4 members (excludes halogenated alkanes) is 1. The average Bonchev–Trinajstić information content (AvgIpc) is 2.73. The van der Waals surface area contributed by atoms with Crippen molar-refractivity contribution in [1.82, 2.24) is 5.32 Å². The molecule has 2 aromatic carbocycles. The average molecular weight is 400 g/mol. The summed E-state index contributed by atoms with van der Waals surface area (Å²) in [7, 11) is -1.24. The summed E-state index contributed by atoms with van der Waals surface area (Å²) in [5.41, 5.74) is 8.06. The fraction of sp³-hybridized carbons (Fsp3) is 0.381.